The van der Waals surface area contributed by atoms with Gasteiger partial charge in [-0.05, 0) is 13.0 Å². The molecule has 19 heavy (non-hydrogen) atoms. The molecule has 0 radical (unpaired) electrons. The van der Waals surface area contributed by atoms with Crippen molar-refractivity contribution >= 4 is 11.6 Å². The van der Waals surface area contributed by atoms with E-state index >= 15 is 0 Å². The van der Waals surface area contributed by atoms with Crippen molar-refractivity contribution in [1.29, 1.82) is 0 Å². The molecule has 0 bridgehead atoms. The van der Waals surface area contributed by atoms with Crippen LogP contribution in [0, 0.1) is 0 Å². The zero-order valence-corrected chi connectivity index (χ0v) is 11.1. The minimum atomic E-state index is -0.422. The summed E-state index contributed by atoms with van der Waals surface area (Å²) < 4.78 is 10.8. The first kappa shape index (κ1) is 14.0. The van der Waals surface area contributed by atoms with Crippen LogP contribution < -0.4 is 10.6 Å². The summed E-state index contributed by atoms with van der Waals surface area (Å²) in [4.78, 5) is 12.1. The van der Waals surface area contributed by atoms with Crippen LogP contribution in [0.3, 0.4) is 0 Å². The predicted octanol–water partition coefficient (Wildman–Crippen LogP) is 1.15. The van der Waals surface area contributed by atoms with Gasteiger partial charge in [-0.2, -0.15) is 0 Å². The Balaban J connectivity index is 1.99. The van der Waals surface area contributed by atoms with Crippen LogP contribution in [0.5, 0.6) is 0 Å². The van der Waals surface area contributed by atoms with Crippen molar-refractivity contribution in [2.24, 2.45) is 0 Å². The SMILES string of the molecule is CCOCc1ccccc1NC(=O)C1CNCCO1. The summed E-state index contributed by atoms with van der Waals surface area (Å²) in [7, 11) is 0. The number of anilines is 1. The van der Waals surface area contributed by atoms with Gasteiger partial charge >= 0.3 is 0 Å². The molecule has 0 aliphatic carbocycles. The number of carbonyl (C=O) groups excluding carboxylic acids is 1. The van der Waals surface area contributed by atoms with E-state index in [4.69, 9.17) is 9.47 Å². The summed E-state index contributed by atoms with van der Waals surface area (Å²) >= 11 is 0. The highest BCUT2D eigenvalue weighted by Crippen LogP contribution is 2.16. The molecule has 0 saturated carbocycles. The molecule has 1 fully saturated rings. The molecule has 1 aromatic carbocycles. The maximum absolute atomic E-state index is 12.1. The van der Waals surface area contributed by atoms with Gasteiger partial charge in [0.25, 0.3) is 5.91 Å². The molecule has 1 aliphatic heterocycles. The molecule has 104 valence electrons. The second-order valence-electron chi connectivity index (χ2n) is 4.35. The standard InChI is InChI=1S/C14H20N2O3/c1-2-18-10-11-5-3-4-6-12(11)16-14(17)13-9-15-7-8-19-13/h3-6,13,15H,2,7-10H2,1H3,(H,16,17). The van der Waals surface area contributed by atoms with E-state index in [1.165, 1.54) is 0 Å². The van der Waals surface area contributed by atoms with Gasteiger partial charge in [0.1, 0.15) is 6.10 Å². The highest BCUT2D eigenvalue weighted by molar-refractivity contribution is 5.95. The molecular formula is C14H20N2O3. The largest absolute Gasteiger partial charge is 0.377 e. The topological polar surface area (TPSA) is 59.6 Å². The average Bonchev–Trinajstić information content (AvgIpc) is 2.47. The van der Waals surface area contributed by atoms with E-state index in [-0.39, 0.29) is 5.91 Å². The molecule has 1 unspecified atom stereocenters. The molecule has 0 spiro atoms. The van der Waals surface area contributed by atoms with E-state index in [1.54, 1.807) is 0 Å². The molecule has 0 aromatic heterocycles. The average molecular weight is 264 g/mol. The van der Waals surface area contributed by atoms with Crippen molar-refractivity contribution in [1.82, 2.24) is 5.32 Å². The van der Waals surface area contributed by atoms with Crippen LogP contribution in [0.25, 0.3) is 0 Å². The number of ether oxygens (including phenoxy) is 2. The van der Waals surface area contributed by atoms with Crippen LogP contribution in [0.2, 0.25) is 0 Å². The van der Waals surface area contributed by atoms with Gasteiger partial charge in [0.2, 0.25) is 0 Å². The smallest absolute Gasteiger partial charge is 0.254 e. The van der Waals surface area contributed by atoms with E-state index in [2.05, 4.69) is 10.6 Å². The minimum absolute atomic E-state index is 0.115. The second-order valence-corrected chi connectivity index (χ2v) is 4.35. The first-order chi connectivity index (χ1) is 9.31. The molecule has 5 nitrogen and oxygen atoms in total. The number of amides is 1. The Bertz CT molecular complexity index is 417. The Morgan fingerprint density at radius 1 is 1.53 bits per heavy atom. The Morgan fingerprint density at radius 2 is 2.37 bits per heavy atom. The molecule has 1 amide bonds. The van der Waals surface area contributed by atoms with Crippen LogP contribution >= 0.6 is 0 Å². The first-order valence-electron chi connectivity index (χ1n) is 6.60. The third kappa shape index (κ3) is 4.02. The van der Waals surface area contributed by atoms with Gasteiger partial charge in [-0.3, -0.25) is 4.79 Å². The summed E-state index contributed by atoms with van der Waals surface area (Å²) in [6, 6.07) is 7.65. The normalized spacial score (nSPS) is 19.1. The number of hydrogen-bond donors (Lipinski definition) is 2. The molecule has 5 heteroatoms. The molecule has 1 atom stereocenters. The van der Waals surface area contributed by atoms with Crippen molar-refractivity contribution in [2.75, 3.05) is 31.6 Å². The number of hydrogen-bond acceptors (Lipinski definition) is 4. The molecule has 1 saturated heterocycles. The number of para-hydroxylation sites is 1. The van der Waals surface area contributed by atoms with Crippen LogP contribution in [0.1, 0.15) is 12.5 Å². The summed E-state index contributed by atoms with van der Waals surface area (Å²) in [5.74, 6) is -0.115. The molecule has 2 N–H and O–H groups in total. The number of carbonyl (C=O) groups is 1. The van der Waals surface area contributed by atoms with E-state index in [9.17, 15) is 4.79 Å². The third-order valence-electron chi connectivity index (χ3n) is 2.96. The molecular weight excluding hydrogens is 244 g/mol. The zero-order valence-electron chi connectivity index (χ0n) is 11.1. The van der Waals surface area contributed by atoms with E-state index in [0.717, 1.165) is 17.8 Å². The lowest BCUT2D eigenvalue weighted by molar-refractivity contribution is -0.128. The number of benzene rings is 1. The maximum atomic E-state index is 12.1. The monoisotopic (exact) mass is 264 g/mol. The third-order valence-corrected chi connectivity index (χ3v) is 2.96. The lowest BCUT2D eigenvalue weighted by Gasteiger charge is -2.23. The highest BCUT2D eigenvalue weighted by Gasteiger charge is 2.22. The van der Waals surface area contributed by atoms with Crippen LogP contribution in [-0.4, -0.2) is 38.3 Å². The summed E-state index contributed by atoms with van der Waals surface area (Å²) in [6.45, 7) is 5.01. The van der Waals surface area contributed by atoms with Gasteiger partial charge < -0.3 is 20.1 Å². The van der Waals surface area contributed by atoms with Crippen LogP contribution in [0.4, 0.5) is 5.69 Å². The first-order valence-corrected chi connectivity index (χ1v) is 6.60. The summed E-state index contributed by atoms with van der Waals surface area (Å²) in [5, 5.41) is 6.05. The highest BCUT2D eigenvalue weighted by atomic mass is 16.5. The molecule has 1 heterocycles. The van der Waals surface area contributed by atoms with Crippen LogP contribution in [-0.2, 0) is 20.9 Å². The zero-order chi connectivity index (χ0) is 13.5. The molecule has 2 rings (SSSR count). The summed E-state index contributed by atoms with van der Waals surface area (Å²) in [5.41, 5.74) is 1.76. The van der Waals surface area contributed by atoms with Crippen molar-refractivity contribution in [3.63, 3.8) is 0 Å². The van der Waals surface area contributed by atoms with Crippen molar-refractivity contribution in [3.8, 4) is 0 Å². The number of rotatable bonds is 5. The van der Waals surface area contributed by atoms with Crippen molar-refractivity contribution in [3.05, 3.63) is 29.8 Å². The van der Waals surface area contributed by atoms with Crippen molar-refractivity contribution < 1.29 is 14.3 Å². The van der Waals surface area contributed by atoms with Crippen molar-refractivity contribution in [2.45, 2.75) is 19.6 Å². The lowest BCUT2D eigenvalue weighted by Crippen LogP contribution is -2.45. The fraction of sp³-hybridized carbons (Fsp3) is 0.500. The number of morpholine rings is 1. The molecule has 1 aliphatic rings. The Labute approximate surface area is 113 Å². The predicted molar refractivity (Wildman–Crippen MR) is 73.0 cm³/mol. The van der Waals surface area contributed by atoms with Gasteiger partial charge in [-0.1, -0.05) is 18.2 Å². The van der Waals surface area contributed by atoms with E-state index in [1.807, 2.05) is 31.2 Å². The Kier molecular flexibility index (Phi) is 5.32. The summed E-state index contributed by atoms with van der Waals surface area (Å²) in [6.07, 6.45) is -0.422. The van der Waals surface area contributed by atoms with Gasteiger partial charge in [-0.25, -0.2) is 0 Å². The van der Waals surface area contributed by atoms with Gasteiger partial charge in [0, 0.05) is 30.9 Å². The quantitative estimate of drug-likeness (QED) is 0.837. The van der Waals surface area contributed by atoms with Crippen LogP contribution in [0.15, 0.2) is 24.3 Å². The molecule has 1 aromatic rings. The Morgan fingerprint density at radius 3 is 3.11 bits per heavy atom. The van der Waals surface area contributed by atoms with Gasteiger partial charge in [0.15, 0.2) is 0 Å². The number of nitrogens with one attached hydrogen (secondary N) is 2. The van der Waals surface area contributed by atoms with Gasteiger partial charge in [-0.15, -0.1) is 0 Å². The fourth-order valence-corrected chi connectivity index (χ4v) is 1.93. The Hall–Kier alpha value is -1.43. The van der Waals surface area contributed by atoms with Gasteiger partial charge in [0.05, 0.1) is 13.2 Å². The van der Waals surface area contributed by atoms with E-state index < -0.39 is 6.10 Å². The fourth-order valence-electron chi connectivity index (χ4n) is 1.93. The van der Waals surface area contributed by atoms with E-state index in [0.29, 0.717) is 26.4 Å². The maximum Gasteiger partial charge on any atom is 0.254 e. The lowest BCUT2D eigenvalue weighted by atomic mass is 10.1. The second kappa shape index (κ2) is 7.23. The minimum Gasteiger partial charge on any atom is -0.377 e.